The Bertz CT molecular complexity index is 741. The van der Waals surface area contributed by atoms with Gasteiger partial charge in [-0.05, 0) is 13.1 Å². The Morgan fingerprint density at radius 1 is 1.33 bits per heavy atom. The number of nitriles is 1. The first-order valence-corrected chi connectivity index (χ1v) is 8.56. The summed E-state index contributed by atoms with van der Waals surface area (Å²) in [5.41, 5.74) is 1.44. The summed E-state index contributed by atoms with van der Waals surface area (Å²) in [5, 5.41) is 10.5. The lowest BCUT2D eigenvalue weighted by Gasteiger charge is -2.40. The summed E-state index contributed by atoms with van der Waals surface area (Å²) in [7, 11) is 5.11. The highest BCUT2D eigenvalue weighted by Crippen LogP contribution is 2.46. The van der Waals surface area contributed by atoms with E-state index in [9.17, 15) is 10.1 Å². The van der Waals surface area contributed by atoms with Crippen molar-refractivity contribution >= 4 is 17.7 Å². The van der Waals surface area contributed by atoms with Crippen molar-refractivity contribution in [2.45, 2.75) is 12.3 Å². The minimum Gasteiger partial charge on any atom is -0.493 e. The summed E-state index contributed by atoms with van der Waals surface area (Å²) in [6, 6.07) is 7.89. The Kier molecular flexibility index (Phi) is 4.69. The van der Waals surface area contributed by atoms with Crippen molar-refractivity contribution in [3.63, 3.8) is 0 Å². The molecule has 2 heterocycles. The number of fused-ring (bicyclic) bond motifs is 1. The Morgan fingerprint density at radius 2 is 2.12 bits per heavy atom. The second-order valence-electron chi connectivity index (χ2n) is 5.76. The maximum absolute atomic E-state index is 12.6. The molecule has 1 saturated heterocycles. The molecule has 24 heavy (non-hydrogen) atoms. The van der Waals surface area contributed by atoms with E-state index in [1.54, 1.807) is 19.1 Å². The average Bonchev–Trinajstić information content (AvgIpc) is 2.61. The van der Waals surface area contributed by atoms with Crippen molar-refractivity contribution in [1.82, 2.24) is 9.80 Å². The van der Waals surface area contributed by atoms with E-state index < -0.39 is 0 Å². The van der Waals surface area contributed by atoms with Gasteiger partial charge in [-0.15, -0.1) is 0 Å². The van der Waals surface area contributed by atoms with Crippen LogP contribution < -0.4 is 9.47 Å². The number of hydrogen-bond acceptors (Lipinski definition) is 6. The fourth-order valence-electron chi connectivity index (χ4n) is 3.12. The summed E-state index contributed by atoms with van der Waals surface area (Å²) >= 11 is 1.53. The number of methoxy groups -OCH3 is 2. The molecule has 2 aliphatic heterocycles. The third-order valence-electron chi connectivity index (χ3n) is 4.24. The Balaban J connectivity index is 2.11. The number of thioether (sulfide) groups is 1. The van der Waals surface area contributed by atoms with Crippen LogP contribution in [0.4, 0.5) is 0 Å². The molecule has 0 aromatic heterocycles. The molecule has 7 heteroatoms. The number of ether oxygens (including phenoxy) is 2. The van der Waals surface area contributed by atoms with E-state index >= 15 is 0 Å². The number of carbonyl (C=O) groups excluding carboxylic acids is 1. The molecule has 0 bridgehead atoms. The predicted octanol–water partition coefficient (Wildman–Crippen LogP) is 2.35. The van der Waals surface area contributed by atoms with Gasteiger partial charge in [0, 0.05) is 17.9 Å². The summed E-state index contributed by atoms with van der Waals surface area (Å²) < 4.78 is 10.9. The number of para-hydroxylation sites is 1. The van der Waals surface area contributed by atoms with Crippen LogP contribution in [-0.2, 0) is 4.79 Å². The highest BCUT2D eigenvalue weighted by molar-refractivity contribution is 8.03. The van der Waals surface area contributed by atoms with Gasteiger partial charge >= 0.3 is 0 Å². The van der Waals surface area contributed by atoms with Crippen LogP contribution in [-0.4, -0.2) is 49.5 Å². The molecule has 1 unspecified atom stereocenters. The van der Waals surface area contributed by atoms with Crippen LogP contribution in [0, 0.1) is 11.3 Å². The molecule has 0 spiro atoms. The smallest absolute Gasteiger partial charge is 0.229 e. The second-order valence-corrected chi connectivity index (χ2v) is 6.70. The van der Waals surface area contributed by atoms with Gasteiger partial charge in [0.1, 0.15) is 0 Å². The molecule has 0 aliphatic carbocycles. The van der Waals surface area contributed by atoms with E-state index in [0.717, 1.165) is 16.5 Å². The summed E-state index contributed by atoms with van der Waals surface area (Å²) in [4.78, 5) is 16.4. The van der Waals surface area contributed by atoms with E-state index in [2.05, 4.69) is 6.07 Å². The van der Waals surface area contributed by atoms with E-state index in [1.165, 1.54) is 11.8 Å². The van der Waals surface area contributed by atoms with Gasteiger partial charge in [0.25, 0.3) is 0 Å². The molecule has 126 valence electrons. The fourth-order valence-corrected chi connectivity index (χ4v) is 4.21. The average molecular weight is 345 g/mol. The maximum atomic E-state index is 12.6. The molecular weight excluding hydrogens is 326 g/mol. The van der Waals surface area contributed by atoms with Crippen LogP contribution in [0.5, 0.6) is 11.5 Å². The molecule has 1 atom stereocenters. The summed E-state index contributed by atoms with van der Waals surface area (Å²) in [6.45, 7) is 0.522. The molecule has 0 saturated carbocycles. The lowest BCUT2D eigenvalue weighted by atomic mass is 9.85. The van der Waals surface area contributed by atoms with Crippen molar-refractivity contribution in [1.29, 1.82) is 5.26 Å². The lowest BCUT2D eigenvalue weighted by Crippen LogP contribution is -2.45. The Morgan fingerprint density at radius 3 is 2.79 bits per heavy atom. The minimum atomic E-state index is -0.310. The van der Waals surface area contributed by atoms with Gasteiger partial charge in [-0.3, -0.25) is 14.6 Å². The highest BCUT2D eigenvalue weighted by atomic mass is 32.2. The number of hydrogen-bond donors (Lipinski definition) is 0. The van der Waals surface area contributed by atoms with Gasteiger partial charge in [-0.1, -0.05) is 23.9 Å². The summed E-state index contributed by atoms with van der Waals surface area (Å²) in [6.07, 6.45) is 0.254. The largest absolute Gasteiger partial charge is 0.493 e. The third kappa shape index (κ3) is 2.72. The van der Waals surface area contributed by atoms with Gasteiger partial charge in [-0.25, -0.2) is 0 Å². The van der Waals surface area contributed by atoms with E-state index in [-0.39, 0.29) is 18.2 Å². The predicted molar refractivity (Wildman–Crippen MR) is 91.5 cm³/mol. The number of nitrogens with zero attached hydrogens (tertiary/aromatic N) is 3. The number of rotatable bonds is 3. The van der Waals surface area contributed by atoms with Crippen molar-refractivity contribution in [2.24, 2.45) is 0 Å². The molecule has 0 N–H and O–H groups in total. The monoisotopic (exact) mass is 345 g/mol. The first-order valence-electron chi connectivity index (χ1n) is 7.57. The SMILES string of the molecule is COc1cccc(C2CC(=O)N3CN(C)CSC3=C2C#N)c1OC. The zero-order chi connectivity index (χ0) is 17.3. The zero-order valence-corrected chi connectivity index (χ0v) is 14.7. The zero-order valence-electron chi connectivity index (χ0n) is 13.9. The van der Waals surface area contributed by atoms with Crippen molar-refractivity contribution in [3.05, 3.63) is 34.4 Å². The molecule has 6 nitrogen and oxygen atoms in total. The van der Waals surface area contributed by atoms with Crippen LogP contribution >= 0.6 is 11.8 Å². The Labute approximate surface area is 145 Å². The van der Waals surface area contributed by atoms with Crippen LogP contribution in [0.25, 0.3) is 0 Å². The number of carbonyl (C=O) groups is 1. The first-order chi connectivity index (χ1) is 11.6. The quantitative estimate of drug-likeness (QED) is 0.838. The summed E-state index contributed by atoms with van der Waals surface area (Å²) in [5.74, 6) is 1.65. The maximum Gasteiger partial charge on any atom is 0.229 e. The molecule has 1 amide bonds. The lowest BCUT2D eigenvalue weighted by molar-refractivity contribution is -0.131. The van der Waals surface area contributed by atoms with Gasteiger partial charge in [0.2, 0.25) is 5.91 Å². The van der Waals surface area contributed by atoms with Crippen molar-refractivity contribution in [2.75, 3.05) is 33.8 Å². The van der Waals surface area contributed by atoms with Gasteiger partial charge in [-0.2, -0.15) is 5.26 Å². The number of benzene rings is 1. The van der Waals surface area contributed by atoms with E-state index in [1.807, 2.05) is 30.1 Å². The van der Waals surface area contributed by atoms with Crippen LogP contribution in [0.2, 0.25) is 0 Å². The third-order valence-corrected chi connectivity index (χ3v) is 5.52. The van der Waals surface area contributed by atoms with Crippen LogP contribution in [0.1, 0.15) is 17.9 Å². The van der Waals surface area contributed by atoms with Gasteiger partial charge in [0.05, 0.1) is 43.4 Å². The Hall–Kier alpha value is -2.17. The second kappa shape index (κ2) is 6.75. The van der Waals surface area contributed by atoms with E-state index in [4.69, 9.17) is 9.47 Å². The molecule has 2 aliphatic rings. The topological polar surface area (TPSA) is 65.8 Å². The molecule has 1 aromatic rings. The molecule has 0 radical (unpaired) electrons. The van der Waals surface area contributed by atoms with Crippen LogP contribution in [0.3, 0.4) is 0 Å². The van der Waals surface area contributed by atoms with Gasteiger partial charge in [0.15, 0.2) is 11.5 Å². The molecular formula is C17H19N3O3S. The molecule has 1 aromatic carbocycles. The van der Waals surface area contributed by atoms with Gasteiger partial charge < -0.3 is 9.47 Å². The fraction of sp³-hybridized carbons (Fsp3) is 0.412. The van der Waals surface area contributed by atoms with Crippen LogP contribution in [0.15, 0.2) is 28.8 Å². The number of allylic oxidation sites excluding steroid dienone is 1. The first kappa shape index (κ1) is 16.7. The normalized spacial score (nSPS) is 21.3. The van der Waals surface area contributed by atoms with Crippen molar-refractivity contribution < 1.29 is 14.3 Å². The minimum absolute atomic E-state index is 0.0259. The number of amides is 1. The molecule has 1 fully saturated rings. The standard InChI is InChI=1S/C17H19N3O3S/c1-19-9-20-15(21)7-12(13(8-18)17(20)24-10-19)11-5-4-6-14(22-2)16(11)23-3/h4-6,12H,7,9-10H2,1-3H3. The van der Waals surface area contributed by atoms with Crippen molar-refractivity contribution in [3.8, 4) is 17.6 Å². The molecule has 3 rings (SSSR count). The van der Waals surface area contributed by atoms with E-state index in [0.29, 0.717) is 23.7 Å². The highest BCUT2D eigenvalue weighted by Gasteiger charge is 2.38.